The molecule has 98 valence electrons. The molecule has 2 aliphatic rings. The van der Waals surface area contributed by atoms with Crippen LogP contribution >= 0.6 is 22.5 Å². The third-order valence-corrected chi connectivity index (χ3v) is 5.78. The second-order valence-electron chi connectivity index (χ2n) is 5.65. The molecule has 0 aromatic heterocycles. The molecule has 0 N–H and O–H groups in total. The number of hydrogen-bond acceptors (Lipinski definition) is 3. The van der Waals surface area contributed by atoms with Crippen molar-refractivity contribution in [2.75, 3.05) is 19.6 Å². The summed E-state index contributed by atoms with van der Waals surface area (Å²) in [6.07, 6.45) is 4.20. The summed E-state index contributed by atoms with van der Waals surface area (Å²) in [5, 5.41) is 0.642. The summed E-state index contributed by atoms with van der Waals surface area (Å²) in [4.78, 5) is 2.66. The molecule has 0 unspecified atom stereocenters. The zero-order chi connectivity index (χ0) is 12.4. The number of hydrogen-bond donors (Lipinski definition) is 1. The lowest BCUT2D eigenvalue weighted by Crippen LogP contribution is -2.41. The van der Waals surface area contributed by atoms with Gasteiger partial charge in [0, 0.05) is 18.3 Å². The molecule has 1 saturated heterocycles. The fourth-order valence-electron chi connectivity index (χ4n) is 3.00. The maximum atomic E-state index is 4.51. The average molecular weight is 279 g/mol. The molecule has 3 heteroatoms. The Morgan fingerprint density at radius 2 is 1.94 bits per heavy atom. The van der Waals surface area contributed by atoms with Gasteiger partial charge in [-0.25, -0.2) is 0 Å². The predicted molar refractivity (Wildman–Crippen MR) is 83.3 cm³/mol. The lowest BCUT2D eigenvalue weighted by Gasteiger charge is -2.37. The molecule has 1 aliphatic carbocycles. The summed E-state index contributed by atoms with van der Waals surface area (Å²) >= 11 is 4.51. The van der Waals surface area contributed by atoms with Gasteiger partial charge >= 0.3 is 0 Å². The molecular weight excluding hydrogens is 258 g/mol. The Kier molecular flexibility index (Phi) is 4.22. The zero-order valence-electron chi connectivity index (χ0n) is 10.7. The average Bonchev–Trinajstić information content (AvgIpc) is 3.23. The van der Waals surface area contributed by atoms with Crippen molar-refractivity contribution >= 4 is 22.5 Å². The van der Waals surface area contributed by atoms with E-state index in [1.807, 2.05) is 0 Å². The number of benzene rings is 1. The van der Waals surface area contributed by atoms with Gasteiger partial charge in [-0.2, -0.15) is 0 Å². The Morgan fingerprint density at radius 3 is 2.61 bits per heavy atom. The first-order valence-corrected chi connectivity index (χ1v) is 8.87. The first-order valence-electron chi connectivity index (χ1n) is 6.94. The van der Waals surface area contributed by atoms with Crippen LogP contribution in [0, 0.1) is 5.92 Å². The standard InChI is InChI=1S/C15H21NS2/c17-18-15-11-16(10-12-6-7-12)9-8-14(15)13-4-2-1-3-5-13/h1-5,12,14-15,17H,6-11H2/t14-,15-/m0/s1. The third kappa shape index (κ3) is 3.06. The van der Waals surface area contributed by atoms with E-state index < -0.39 is 0 Å². The Morgan fingerprint density at radius 1 is 1.17 bits per heavy atom. The molecule has 2 fully saturated rings. The van der Waals surface area contributed by atoms with Gasteiger partial charge in [-0.05, 0) is 43.2 Å². The maximum Gasteiger partial charge on any atom is 0.0345 e. The fourth-order valence-corrected chi connectivity index (χ4v) is 4.36. The maximum absolute atomic E-state index is 4.51. The van der Waals surface area contributed by atoms with Gasteiger partial charge in [0.15, 0.2) is 0 Å². The van der Waals surface area contributed by atoms with E-state index in [2.05, 4.69) is 46.9 Å². The number of rotatable bonds is 4. The molecule has 0 radical (unpaired) electrons. The molecule has 0 spiro atoms. The van der Waals surface area contributed by atoms with Gasteiger partial charge < -0.3 is 4.90 Å². The number of thiol groups is 1. The van der Waals surface area contributed by atoms with Crippen molar-refractivity contribution in [3.63, 3.8) is 0 Å². The molecule has 1 heterocycles. The lowest BCUT2D eigenvalue weighted by molar-refractivity contribution is 0.211. The van der Waals surface area contributed by atoms with E-state index in [-0.39, 0.29) is 0 Å². The van der Waals surface area contributed by atoms with E-state index in [1.165, 1.54) is 44.5 Å². The molecule has 1 aromatic carbocycles. The van der Waals surface area contributed by atoms with Gasteiger partial charge in [-0.3, -0.25) is 0 Å². The highest BCUT2D eigenvalue weighted by molar-refractivity contribution is 8.68. The Hall–Kier alpha value is -0.120. The summed E-state index contributed by atoms with van der Waals surface area (Å²) in [6.45, 7) is 3.80. The van der Waals surface area contributed by atoms with Crippen LogP contribution in [0.2, 0.25) is 0 Å². The van der Waals surface area contributed by atoms with Crippen LogP contribution in [0.25, 0.3) is 0 Å². The molecule has 1 nitrogen and oxygen atoms in total. The van der Waals surface area contributed by atoms with Crippen molar-refractivity contribution in [2.24, 2.45) is 5.92 Å². The molecular formula is C15H21NS2. The summed E-state index contributed by atoms with van der Waals surface area (Å²) in [7, 11) is 1.75. The van der Waals surface area contributed by atoms with Crippen LogP contribution in [-0.2, 0) is 0 Å². The third-order valence-electron chi connectivity index (χ3n) is 4.22. The molecule has 1 aromatic rings. The Balaban J connectivity index is 1.65. The van der Waals surface area contributed by atoms with Crippen LogP contribution in [0.15, 0.2) is 30.3 Å². The smallest absolute Gasteiger partial charge is 0.0345 e. The van der Waals surface area contributed by atoms with Gasteiger partial charge in [0.2, 0.25) is 0 Å². The van der Waals surface area contributed by atoms with E-state index >= 15 is 0 Å². The SMILES string of the molecule is SS[C@H]1CN(CC2CC2)CC[C@H]1c1ccccc1. The topological polar surface area (TPSA) is 3.24 Å². The van der Waals surface area contributed by atoms with Crippen molar-refractivity contribution in [2.45, 2.75) is 30.4 Å². The van der Waals surface area contributed by atoms with Crippen molar-refractivity contribution in [3.05, 3.63) is 35.9 Å². The predicted octanol–water partition coefficient (Wildman–Crippen LogP) is 3.83. The minimum Gasteiger partial charge on any atom is -0.302 e. The van der Waals surface area contributed by atoms with Crippen molar-refractivity contribution in [1.29, 1.82) is 0 Å². The molecule has 0 bridgehead atoms. The van der Waals surface area contributed by atoms with E-state index in [9.17, 15) is 0 Å². The first-order chi connectivity index (χ1) is 8.86. The van der Waals surface area contributed by atoms with Crippen LogP contribution in [0.4, 0.5) is 0 Å². The van der Waals surface area contributed by atoms with Gasteiger partial charge in [0.25, 0.3) is 0 Å². The van der Waals surface area contributed by atoms with Crippen LogP contribution in [-0.4, -0.2) is 29.8 Å². The normalized spacial score (nSPS) is 29.4. The van der Waals surface area contributed by atoms with Crippen LogP contribution in [0.5, 0.6) is 0 Å². The quantitative estimate of drug-likeness (QED) is 0.659. The highest BCUT2D eigenvalue weighted by atomic mass is 33.1. The molecule has 2 atom stereocenters. The lowest BCUT2D eigenvalue weighted by atomic mass is 9.89. The number of likely N-dealkylation sites (tertiary alicyclic amines) is 1. The van der Waals surface area contributed by atoms with Crippen molar-refractivity contribution < 1.29 is 0 Å². The molecule has 3 rings (SSSR count). The van der Waals surface area contributed by atoms with Gasteiger partial charge in [-0.15, -0.1) is 11.7 Å². The van der Waals surface area contributed by atoms with Gasteiger partial charge in [0.05, 0.1) is 0 Å². The van der Waals surface area contributed by atoms with Crippen LogP contribution in [0.3, 0.4) is 0 Å². The van der Waals surface area contributed by atoms with E-state index in [1.54, 1.807) is 10.8 Å². The highest BCUT2D eigenvalue weighted by Gasteiger charge is 2.32. The van der Waals surface area contributed by atoms with Gasteiger partial charge in [0.1, 0.15) is 0 Å². The fraction of sp³-hybridized carbons (Fsp3) is 0.600. The van der Waals surface area contributed by atoms with Crippen molar-refractivity contribution in [3.8, 4) is 0 Å². The summed E-state index contributed by atoms with van der Waals surface area (Å²) < 4.78 is 0. The van der Waals surface area contributed by atoms with E-state index in [0.29, 0.717) is 11.2 Å². The second kappa shape index (κ2) is 5.89. The largest absolute Gasteiger partial charge is 0.302 e. The minimum absolute atomic E-state index is 0.642. The monoisotopic (exact) mass is 279 g/mol. The molecule has 0 amide bonds. The van der Waals surface area contributed by atoms with Crippen molar-refractivity contribution in [1.82, 2.24) is 4.90 Å². The van der Waals surface area contributed by atoms with Crippen LogP contribution in [0.1, 0.15) is 30.7 Å². The zero-order valence-corrected chi connectivity index (χ0v) is 12.4. The van der Waals surface area contributed by atoms with Crippen LogP contribution < -0.4 is 0 Å². The molecule has 18 heavy (non-hydrogen) atoms. The second-order valence-corrected chi connectivity index (χ2v) is 7.10. The summed E-state index contributed by atoms with van der Waals surface area (Å²) in [5.41, 5.74) is 1.50. The Bertz CT molecular complexity index is 377. The summed E-state index contributed by atoms with van der Waals surface area (Å²) in [5.74, 6) is 1.69. The van der Waals surface area contributed by atoms with Gasteiger partial charge in [-0.1, -0.05) is 41.1 Å². The minimum atomic E-state index is 0.642. The van der Waals surface area contributed by atoms with E-state index in [4.69, 9.17) is 0 Å². The summed E-state index contributed by atoms with van der Waals surface area (Å²) in [6, 6.07) is 11.0. The Labute approximate surface area is 119 Å². The number of nitrogens with zero attached hydrogens (tertiary/aromatic N) is 1. The first kappa shape index (κ1) is 12.9. The van der Waals surface area contributed by atoms with E-state index in [0.717, 1.165) is 5.92 Å². The number of piperidine rings is 1. The highest BCUT2D eigenvalue weighted by Crippen LogP contribution is 2.38. The molecule has 1 aliphatic heterocycles. The molecule has 1 saturated carbocycles.